The fraction of sp³-hybridized carbons (Fsp3) is 0.941. The number of rotatable bonds is 12. The van der Waals surface area contributed by atoms with E-state index in [9.17, 15) is 4.79 Å². The van der Waals surface area contributed by atoms with Crippen LogP contribution in [0.4, 0.5) is 0 Å². The maximum Gasteiger partial charge on any atom is 0.306 e. The monoisotopic (exact) mass is 270 g/mol. The van der Waals surface area contributed by atoms with Crippen molar-refractivity contribution in [3.8, 4) is 0 Å². The van der Waals surface area contributed by atoms with Gasteiger partial charge in [-0.25, -0.2) is 0 Å². The Morgan fingerprint density at radius 3 is 2.21 bits per heavy atom. The summed E-state index contributed by atoms with van der Waals surface area (Å²) in [4.78, 5) is 11.6. The molecule has 0 heterocycles. The molecule has 0 saturated carbocycles. The van der Waals surface area contributed by atoms with Crippen molar-refractivity contribution >= 4 is 5.97 Å². The van der Waals surface area contributed by atoms with Gasteiger partial charge in [0.15, 0.2) is 0 Å². The van der Waals surface area contributed by atoms with Gasteiger partial charge in [0.25, 0.3) is 0 Å². The van der Waals surface area contributed by atoms with Gasteiger partial charge in [-0.3, -0.25) is 4.79 Å². The summed E-state index contributed by atoms with van der Waals surface area (Å²) in [7, 11) is 0. The molecule has 114 valence electrons. The lowest BCUT2D eigenvalue weighted by atomic mass is 9.93. The summed E-state index contributed by atoms with van der Waals surface area (Å²) in [6.45, 7) is 8.69. The van der Waals surface area contributed by atoms with Crippen molar-refractivity contribution < 1.29 is 9.53 Å². The molecule has 0 aromatic rings. The van der Waals surface area contributed by atoms with E-state index in [-0.39, 0.29) is 12.1 Å². The van der Waals surface area contributed by atoms with Crippen molar-refractivity contribution in [2.24, 2.45) is 5.92 Å². The zero-order valence-electron chi connectivity index (χ0n) is 13.5. The van der Waals surface area contributed by atoms with E-state index < -0.39 is 0 Å². The van der Waals surface area contributed by atoms with Crippen molar-refractivity contribution in [1.29, 1.82) is 0 Å². The Morgan fingerprint density at radius 1 is 0.947 bits per heavy atom. The normalized spacial score (nSPS) is 14.1. The van der Waals surface area contributed by atoms with Crippen LogP contribution in [-0.4, -0.2) is 12.1 Å². The molecule has 0 radical (unpaired) electrons. The predicted octanol–water partition coefficient (Wildman–Crippen LogP) is 5.50. The first-order valence-corrected chi connectivity index (χ1v) is 8.33. The van der Waals surface area contributed by atoms with Gasteiger partial charge in [0, 0.05) is 6.42 Å². The second-order valence-corrected chi connectivity index (χ2v) is 5.75. The summed E-state index contributed by atoms with van der Waals surface area (Å²) in [5.41, 5.74) is 0. The maximum absolute atomic E-state index is 11.6. The number of ether oxygens (including phenoxy) is 1. The van der Waals surface area contributed by atoms with Gasteiger partial charge >= 0.3 is 5.97 Å². The van der Waals surface area contributed by atoms with E-state index in [1.165, 1.54) is 32.1 Å². The van der Waals surface area contributed by atoms with Gasteiger partial charge in [-0.05, 0) is 32.1 Å². The zero-order valence-corrected chi connectivity index (χ0v) is 13.5. The molecular weight excluding hydrogens is 236 g/mol. The molecule has 2 nitrogen and oxygen atoms in total. The molecule has 0 aliphatic heterocycles. The molecule has 0 fully saturated rings. The van der Waals surface area contributed by atoms with Crippen LogP contribution < -0.4 is 0 Å². The van der Waals surface area contributed by atoms with Crippen LogP contribution in [0, 0.1) is 5.92 Å². The summed E-state index contributed by atoms with van der Waals surface area (Å²) in [6, 6.07) is 0. The minimum atomic E-state index is -0.0115. The number of esters is 1. The molecule has 0 aromatic heterocycles. The first kappa shape index (κ1) is 18.5. The predicted molar refractivity (Wildman–Crippen MR) is 82.2 cm³/mol. The highest BCUT2D eigenvalue weighted by molar-refractivity contribution is 5.69. The van der Waals surface area contributed by atoms with Gasteiger partial charge in [0.05, 0.1) is 6.10 Å². The fourth-order valence-corrected chi connectivity index (χ4v) is 2.38. The second kappa shape index (κ2) is 12.5. The van der Waals surface area contributed by atoms with E-state index >= 15 is 0 Å². The van der Waals surface area contributed by atoms with Gasteiger partial charge in [-0.2, -0.15) is 0 Å². The Kier molecular flexibility index (Phi) is 12.2. The molecule has 0 N–H and O–H groups in total. The number of unbranched alkanes of at least 4 members (excludes halogenated alkanes) is 3. The average molecular weight is 270 g/mol. The third kappa shape index (κ3) is 11.0. The van der Waals surface area contributed by atoms with E-state index in [2.05, 4.69) is 20.8 Å². The second-order valence-electron chi connectivity index (χ2n) is 5.75. The van der Waals surface area contributed by atoms with Gasteiger partial charge in [0.2, 0.25) is 0 Å². The highest BCUT2D eigenvalue weighted by Gasteiger charge is 2.12. The molecule has 2 heteroatoms. The Bertz CT molecular complexity index is 213. The summed E-state index contributed by atoms with van der Waals surface area (Å²) in [6.07, 6.45) is 11.3. The quantitative estimate of drug-likeness (QED) is 0.346. The number of carbonyl (C=O) groups is 1. The molecule has 0 amide bonds. The Labute approximate surface area is 120 Å². The van der Waals surface area contributed by atoms with E-state index in [4.69, 9.17) is 4.74 Å². The van der Waals surface area contributed by atoms with Crippen LogP contribution in [0.2, 0.25) is 0 Å². The molecule has 0 aliphatic rings. The van der Waals surface area contributed by atoms with E-state index in [0.717, 1.165) is 31.6 Å². The molecule has 0 saturated heterocycles. The van der Waals surface area contributed by atoms with Gasteiger partial charge in [-0.15, -0.1) is 0 Å². The van der Waals surface area contributed by atoms with Crippen molar-refractivity contribution in [3.05, 3.63) is 0 Å². The van der Waals surface area contributed by atoms with Crippen molar-refractivity contribution in [3.63, 3.8) is 0 Å². The van der Waals surface area contributed by atoms with Crippen LogP contribution in [0.15, 0.2) is 0 Å². The first-order valence-electron chi connectivity index (χ1n) is 8.33. The largest absolute Gasteiger partial charge is 0.463 e. The highest BCUT2D eigenvalue weighted by Crippen LogP contribution is 2.20. The van der Waals surface area contributed by atoms with Crippen molar-refractivity contribution in [2.45, 2.75) is 98.0 Å². The number of hydrogen-bond acceptors (Lipinski definition) is 2. The molecule has 19 heavy (non-hydrogen) atoms. The van der Waals surface area contributed by atoms with E-state index in [1.807, 2.05) is 6.92 Å². The molecule has 0 rings (SSSR count). The molecule has 0 aliphatic carbocycles. The molecule has 0 spiro atoms. The summed E-state index contributed by atoms with van der Waals surface area (Å²) in [5.74, 6) is 0.795. The smallest absolute Gasteiger partial charge is 0.306 e. The summed E-state index contributed by atoms with van der Waals surface area (Å²) in [5, 5.41) is 0. The van der Waals surface area contributed by atoms with Crippen molar-refractivity contribution in [1.82, 2.24) is 0 Å². The molecule has 0 aromatic carbocycles. The van der Waals surface area contributed by atoms with Gasteiger partial charge in [-0.1, -0.05) is 59.3 Å². The van der Waals surface area contributed by atoms with E-state index in [1.54, 1.807) is 0 Å². The highest BCUT2D eigenvalue weighted by atomic mass is 16.5. The molecule has 0 unspecified atom stereocenters. The van der Waals surface area contributed by atoms with Gasteiger partial charge < -0.3 is 4.74 Å². The summed E-state index contributed by atoms with van der Waals surface area (Å²) >= 11 is 0. The van der Waals surface area contributed by atoms with Crippen LogP contribution in [0.25, 0.3) is 0 Å². The van der Waals surface area contributed by atoms with Crippen LogP contribution in [0.1, 0.15) is 91.9 Å². The number of carbonyl (C=O) groups excluding carboxylic acids is 1. The lowest BCUT2D eigenvalue weighted by Gasteiger charge is -2.18. The SMILES string of the molecule is CCCCCC(=O)O[C@@H](C)CC[C@@H](CC)CCCC. The average Bonchev–Trinajstić information content (AvgIpc) is 2.39. The molecule has 2 atom stereocenters. The van der Waals surface area contributed by atoms with Crippen LogP contribution in [0.5, 0.6) is 0 Å². The standard InChI is InChI=1S/C17H34O2/c1-5-8-10-12-17(18)19-15(4)13-14-16(7-3)11-9-6-2/h15-16H,5-14H2,1-4H3/t15-,16-/m0/s1. The fourth-order valence-electron chi connectivity index (χ4n) is 2.38. The Hall–Kier alpha value is -0.530. The van der Waals surface area contributed by atoms with Crippen LogP contribution in [-0.2, 0) is 9.53 Å². The topological polar surface area (TPSA) is 26.3 Å². The lowest BCUT2D eigenvalue weighted by Crippen LogP contribution is -2.16. The minimum Gasteiger partial charge on any atom is -0.463 e. The van der Waals surface area contributed by atoms with Crippen LogP contribution in [0.3, 0.4) is 0 Å². The zero-order chi connectivity index (χ0) is 14.5. The van der Waals surface area contributed by atoms with Gasteiger partial charge in [0.1, 0.15) is 0 Å². The molecule has 0 bridgehead atoms. The summed E-state index contributed by atoms with van der Waals surface area (Å²) < 4.78 is 5.46. The third-order valence-corrected chi connectivity index (χ3v) is 3.84. The van der Waals surface area contributed by atoms with Crippen molar-refractivity contribution in [2.75, 3.05) is 0 Å². The maximum atomic E-state index is 11.6. The lowest BCUT2D eigenvalue weighted by molar-refractivity contribution is -0.148. The van der Waals surface area contributed by atoms with E-state index in [0.29, 0.717) is 6.42 Å². The molecular formula is C17H34O2. The Morgan fingerprint density at radius 2 is 1.63 bits per heavy atom. The van der Waals surface area contributed by atoms with Crippen LogP contribution >= 0.6 is 0 Å². The first-order chi connectivity index (χ1) is 9.13. The number of hydrogen-bond donors (Lipinski definition) is 0. The third-order valence-electron chi connectivity index (χ3n) is 3.84. The Balaban J connectivity index is 3.71. The minimum absolute atomic E-state index is 0.0115.